The number of nitrogens with zero attached hydrogens (tertiary/aromatic N) is 1. The number of carboxylic acid groups (broad SMARTS) is 1. The summed E-state index contributed by atoms with van der Waals surface area (Å²) >= 11 is 0. The zero-order valence-corrected chi connectivity index (χ0v) is 7.88. The molecule has 2 atom stereocenters. The Bertz CT molecular complexity index is 391. The molecule has 0 spiro atoms. The van der Waals surface area contributed by atoms with Gasteiger partial charge in [-0.1, -0.05) is 0 Å². The molecule has 0 aromatic carbocycles. The van der Waals surface area contributed by atoms with E-state index in [4.69, 9.17) is 5.11 Å². The maximum atomic E-state index is 11.5. The SMILES string of the molecule is O=C(O)C1CC1C(=O)Nc1ccncc1. The molecule has 5 nitrogen and oxygen atoms in total. The van der Waals surface area contributed by atoms with E-state index in [-0.39, 0.29) is 11.8 Å². The lowest BCUT2D eigenvalue weighted by molar-refractivity contribution is -0.139. The van der Waals surface area contributed by atoms with Crippen LogP contribution in [0.25, 0.3) is 0 Å². The predicted octanol–water partition coefficient (Wildman–Crippen LogP) is 0.741. The van der Waals surface area contributed by atoms with Crippen molar-refractivity contribution in [3.05, 3.63) is 24.5 Å². The van der Waals surface area contributed by atoms with Gasteiger partial charge in [-0.25, -0.2) is 0 Å². The molecule has 1 saturated carbocycles. The summed E-state index contributed by atoms with van der Waals surface area (Å²) in [7, 11) is 0. The highest BCUT2D eigenvalue weighted by molar-refractivity contribution is 5.98. The summed E-state index contributed by atoms with van der Waals surface area (Å²) < 4.78 is 0. The Balaban J connectivity index is 1.92. The van der Waals surface area contributed by atoms with Gasteiger partial charge in [0.05, 0.1) is 11.8 Å². The molecule has 1 fully saturated rings. The number of nitrogens with one attached hydrogen (secondary N) is 1. The lowest BCUT2D eigenvalue weighted by Crippen LogP contribution is -2.16. The van der Waals surface area contributed by atoms with Crippen LogP contribution in [0.15, 0.2) is 24.5 Å². The van der Waals surface area contributed by atoms with E-state index in [1.807, 2.05) is 0 Å². The maximum Gasteiger partial charge on any atom is 0.307 e. The molecule has 1 aromatic rings. The highest BCUT2D eigenvalue weighted by Crippen LogP contribution is 2.39. The molecule has 2 unspecified atom stereocenters. The number of aliphatic carboxylic acids is 1. The van der Waals surface area contributed by atoms with Gasteiger partial charge >= 0.3 is 5.97 Å². The van der Waals surface area contributed by atoms with Crippen LogP contribution in [0.1, 0.15) is 6.42 Å². The minimum Gasteiger partial charge on any atom is -0.481 e. The van der Waals surface area contributed by atoms with Crippen molar-refractivity contribution >= 4 is 17.6 Å². The molecule has 0 aliphatic heterocycles. The molecule has 15 heavy (non-hydrogen) atoms. The van der Waals surface area contributed by atoms with Crippen molar-refractivity contribution < 1.29 is 14.7 Å². The molecule has 78 valence electrons. The lowest BCUT2D eigenvalue weighted by Gasteiger charge is -2.02. The molecule has 1 aliphatic rings. The van der Waals surface area contributed by atoms with Gasteiger partial charge in [-0.15, -0.1) is 0 Å². The molecule has 1 aliphatic carbocycles. The number of hydrogen-bond donors (Lipinski definition) is 2. The van der Waals surface area contributed by atoms with Crippen molar-refractivity contribution in [1.29, 1.82) is 0 Å². The lowest BCUT2D eigenvalue weighted by atomic mass is 10.3. The highest BCUT2D eigenvalue weighted by Gasteiger charge is 2.48. The summed E-state index contributed by atoms with van der Waals surface area (Å²) in [6.45, 7) is 0. The van der Waals surface area contributed by atoms with Crippen LogP contribution < -0.4 is 5.32 Å². The second-order valence-corrected chi connectivity index (χ2v) is 3.51. The van der Waals surface area contributed by atoms with Crippen molar-refractivity contribution in [2.75, 3.05) is 5.32 Å². The fourth-order valence-electron chi connectivity index (χ4n) is 1.43. The molecular weight excluding hydrogens is 196 g/mol. The number of carboxylic acids is 1. The van der Waals surface area contributed by atoms with Crippen LogP contribution in [0.3, 0.4) is 0 Å². The van der Waals surface area contributed by atoms with Crippen molar-refractivity contribution in [1.82, 2.24) is 4.98 Å². The van der Waals surface area contributed by atoms with E-state index in [0.717, 1.165) is 0 Å². The predicted molar refractivity (Wildman–Crippen MR) is 52.1 cm³/mol. The van der Waals surface area contributed by atoms with Gasteiger partial charge in [-0.05, 0) is 18.6 Å². The van der Waals surface area contributed by atoms with Crippen LogP contribution in [0.5, 0.6) is 0 Å². The van der Waals surface area contributed by atoms with Gasteiger partial charge in [-0.2, -0.15) is 0 Å². The molecule has 2 rings (SSSR count). The summed E-state index contributed by atoms with van der Waals surface area (Å²) in [5.74, 6) is -2.01. The number of carbonyl (C=O) groups is 2. The van der Waals surface area contributed by atoms with E-state index in [2.05, 4.69) is 10.3 Å². The molecule has 1 heterocycles. The van der Waals surface area contributed by atoms with E-state index in [9.17, 15) is 9.59 Å². The van der Waals surface area contributed by atoms with Crippen molar-refractivity contribution in [2.45, 2.75) is 6.42 Å². The number of carbonyl (C=O) groups excluding carboxylic acids is 1. The van der Waals surface area contributed by atoms with E-state index in [0.29, 0.717) is 12.1 Å². The van der Waals surface area contributed by atoms with Crippen molar-refractivity contribution in [2.24, 2.45) is 11.8 Å². The topological polar surface area (TPSA) is 79.3 Å². The third-order valence-corrected chi connectivity index (χ3v) is 2.39. The number of hydrogen-bond acceptors (Lipinski definition) is 3. The smallest absolute Gasteiger partial charge is 0.307 e. The minimum atomic E-state index is -0.898. The summed E-state index contributed by atoms with van der Waals surface area (Å²) in [4.78, 5) is 25.8. The van der Waals surface area contributed by atoms with Crippen LogP contribution in [0.4, 0.5) is 5.69 Å². The van der Waals surface area contributed by atoms with Crippen LogP contribution in [0, 0.1) is 11.8 Å². The monoisotopic (exact) mass is 206 g/mol. The van der Waals surface area contributed by atoms with Gasteiger partial charge in [0.2, 0.25) is 5.91 Å². The third-order valence-electron chi connectivity index (χ3n) is 2.39. The first-order valence-electron chi connectivity index (χ1n) is 4.62. The standard InChI is InChI=1S/C10H10N2O3/c13-9(7-5-8(7)10(14)15)12-6-1-3-11-4-2-6/h1-4,7-8H,5H2,(H,14,15)(H,11,12,13). The Morgan fingerprint density at radius 2 is 2.00 bits per heavy atom. The van der Waals surface area contributed by atoms with E-state index in [1.165, 1.54) is 0 Å². The van der Waals surface area contributed by atoms with Gasteiger partial charge < -0.3 is 10.4 Å². The first-order valence-corrected chi connectivity index (χ1v) is 4.62. The molecule has 1 aromatic heterocycles. The van der Waals surface area contributed by atoms with E-state index < -0.39 is 11.9 Å². The third kappa shape index (κ3) is 2.12. The van der Waals surface area contributed by atoms with Crippen LogP contribution in [0.2, 0.25) is 0 Å². The van der Waals surface area contributed by atoms with Gasteiger partial charge in [0, 0.05) is 18.1 Å². The zero-order valence-electron chi connectivity index (χ0n) is 7.88. The first-order chi connectivity index (χ1) is 7.18. The molecule has 0 bridgehead atoms. The number of rotatable bonds is 3. The van der Waals surface area contributed by atoms with Gasteiger partial charge in [0.15, 0.2) is 0 Å². The van der Waals surface area contributed by atoms with Gasteiger partial charge in [0.25, 0.3) is 0 Å². The van der Waals surface area contributed by atoms with E-state index >= 15 is 0 Å². The Morgan fingerprint density at radius 3 is 2.53 bits per heavy atom. The van der Waals surface area contributed by atoms with Crippen LogP contribution >= 0.6 is 0 Å². The Labute approximate surface area is 86.1 Å². The summed E-state index contributed by atoms with van der Waals surface area (Å²) in [6, 6.07) is 3.33. The van der Waals surface area contributed by atoms with E-state index in [1.54, 1.807) is 24.5 Å². The second-order valence-electron chi connectivity index (χ2n) is 3.51. The Hall–Kier alpha value is -1.91. The fraction of sp³-hybridized carbons (Fsp3) is 0.300. The normalized spacial score (nSPS) is 23.2. The Kier molecular flexibility index (Phi) is 2.37. The summed E-state index contributed by atoms with van der Waals surface area (Å²) in [5.41, 5.74) is 0.644. The number of pyridine rings is 1. The average molecular weight is 206 g/mol. The number of anilines is 1. The second kappa shape index (κ2) is 3.68. The average Bonchev–Trinajstić information content (AvgIpc) is 2.98. The molecule has 0 saturated heterocycles. The molecule has 1 amide bonds. The molecular formula is C10H10N2O3. The molecule has 2 N–H and O–H groups in total. The molecule has 0 radical (unpaired) electrons. The Morgan fingerprint density at radius 1 is 1.33 bits per heavy atom. The van der Waals surface area contributed by atoms with Gasteiger partial charge in [-0.3, -0.25) is 14.6 Å². The van der Waals surface area contributed by atoms with Crippen LogP contribution in [-0.4, -0.2) is 22.0 Å². The van der Waals surface area contributed by atoms with Gasteiger partial charge in [0.1, 0.15) is 0 Å². The quantitative estimate of drug-likeness (QED) is 0.764. The van der Waals surface area contributed by atoms with Crippen molar-refractivity contribution in [3.8, 4) is 0 Å². The summed E-state index contributed by atoms with van der Waals surface area (Å²) in [6.07, 6.45) is 3.57. The fourth-order valence-corrected chi connectivity index (χ4v) is 1.43. The van der Waals surface area contributed by atoms with Crippen molar-refractivity contribution in [3.63, 3.8) is 0 Å². The molecule has 5 heteroatoms. The highest BCUT2D eigenvalue weighted by atomic mass is 16.4. The maximum absolute atomic E-state index is 11.5. The zero-order chi connectivity index (χ0) is 10.8. The van der Waals surface area contributed by atoms with Crippen LogP contribution in [-0.2, 0) is 9.59 Å². The minimum absolute atomic E-state index is 0.228. The number of amides is 1. The largest absolute Gasteiger partial charge is 0.481 e. The number of aromatic nitrogens is 1. The first kappa shape index (κ1) is 9.64. The summed E-state index contributed by atoms with van der Waals surface area (Å²) in [5, 5.41) is 11.3.